The molecule has 1 atom stereocenters. The standard InChI is InChI=1S/C26H28F3N3O7/c1-6-30-39-22(17-10-9-11-18(14-17)26(27,28)29)20-13-8-7-12-19(20)21(31-36-5)23(33)32(4)25(35)38-15-37-24(34)16(2)3/h6-14,16,22H,15H2,1-5H3. The Bertz CT molecular complexity index is 1230. The first-order valence-electron chi connectivity index (χ1n) is 11.5. The molecule has 0 aromatic heterocycles. The summed E-state index contributed by atoms with van der Waals surface area (Å²) in [6.07, 6.45) is -5.67. The molecular formula is C26H28F3N3O7. The molecule has 13 heteroatoms. The Kier molecular flexibility index (Phi) is 11.0. The highest BCUT2D eigenvalue weighted by Gasteiger charge is 2.33. The molecule has 0 fully saturated rings. The van der Waals surface area contributed by atoms with Crippen molar-refractivity contribution >= 4 is 29.9 Å². The predicted molar refractivity (Wildman–Crippen MR) is 134 cm³/mol. The molecular weight excluding hydrogens is 523 g/mol. The molecule has 0 aliphatic carbocycles. The topological polar surface area (TPSA) is 116 Å². The van der Waals surface area contributed by atoms with Gasteiger partial charge in [-0.25, -0.2) is 9.69 Å². The molecule has 0 radical (unpaired) electrons. The molecule has 0 heterocycles. The largest absolute Gasteiger partial charge is 0.428 e. The van der Waals surface area contributed by atoms with Crippen molar-refractivity contribution in [3.63, 3.8) is 0 Å². The van der Waals surface area contributed by atoms with Crippen molar-refractivity contribution in [1.82, 2.24) is 4.90 Å². The van der Waals surface area contributed by atoms with Crippen LogP contribution in [0.4, 0.5) is 18.0 Å². The molecule has 0 bridgehead atoms. The van der Waals surface area contributed by atoms with Crippen molar-refractivity contribution in [3.05, 3.63) is 70.8 Å². The van der Waals surface area contributed by atoms with Crippen LogP contribution in [0.25, 0.3) is 0 Å². The lowest BCUT2D eigenvalue weighted by Gasteiger charge is -2.22. The lowest BCUT2D eigenvalue weighted by molar-refractivity contribution is -0.156. The number of amides is 2. The van der Waals surface area contributed by atoms with Crippen LogP contribution in [0, 0.1) is 5.92 Å². The van der Waals surface area contributed by atoms with Gasteiger partial charge in [0.15, 0.2) is 11.8 Å². The molecule has 39 heavy (non-hydrogen) atoms. The number of carbonyl (C=O) groups is 3. The monoisotopic (exact) mass is 551 g/mol. The van der Waals surface area contributed by atoms with Crippen LogP contribution in [-0.2, 0) is 34.9 Å². The van der Waals surface area contributed by atoms with Crippen LogP contribution in [0.5, 0.6) is 0 Å². The fraction of sp³-hybridized carbons (Fsp3) is 0.346. The smallest absolute Gasteiger partial charge is 0.419 e. The molecule has 0 saturated carbocycles. The van der Waals surface area contributed by atoms with Crippen molar-refractivity contribution in [2.75, 3.05) is 21.0 Å². The van der Waals surface area contributed by atoms with Gasteiger partial charge in [-0.2, -0.15) is 13.2 Å². The highest BCUT2D eigenvalue weighted by molar-refractivity contribution is 6.47. The molecule has 1 unspecified atom stereocenters. The van der Waals surface area contributed by atoms with Crippen molar-refractivity contribution in [2.24, 2.45) is 16.2 Å². The van der Waals surface area contributed by atoms with Gasteiger partial charge in [0.25, 0.3) is 5.91 Å². The predicted octanol–water partition coefficient (Wildman–Crippen LogP) is 4.92. The summed E-state index contributed by atoms with van der Waals surface area (Å²) >= 11 is 0. The second-order valence-electron chi connectivity index (χ2n) is 8.19. The summed E-state index contributed by atoms with van der Waals surface area (Å²) in [5.41, 5.74) is -0.906. The number of alkyl halides is 3. The summed E-state index contributed by atoms with van der Waals surface area (Å²) in [5, 5.41) is 7.50. The Morgan fingerprint density at radius 1 is 1.05 bits per heavy atom. The molecule has 2 aromatic rings. The number of oxime groups is 2. The molecule has 10 nitrogen and oxygen atoms in total. The van der Waals surface area contributed by atoms with Gasteiger partial charge in [-0.1, -0.05) is 60.6 Å². The third kappa shape index (κ3) is 8.28. The van der Waals surface area contributed by atoms with E-state index in [1.165, 1.54) is 37.6 Å². The number of ether oxygens (including phenoxy) is 2. The van der Waals surface area contributed by atoms with Crippen LogP contribution in [0.15, 0.2) is 58.8 Å². The number of rotatable bonds is 10. The van der Waals surface area contributed by atoms with E-state index in [0.717, 1.165) is 19.2 Å². The van der Waals surface area contributed by atoms with Gasteiger partial charge in [0.1, 0.15) is 7.11 Å². The van der Waals surface area contributed by atoms with Gasteiger partial charge in [-0.3, -0.25) is 9.59 Å². The van der Waals surface area contributed by atoms with Gasteiger partial charge in [-0.15, -0.1) is 0 Å². The Hall–Kier alpha value is -4.42. The number of hydrogen-bond donors (Lipinski definition) is 0. The van der Waals surface area contributed by atoms with Gasteiger partial charge >= 0.3 is 18.2 Å². The maximum absolute atomic E-state index is 13.4. The number of hydrogen-bond acceptors (Lipinski definition) is 9. The first-order chi connectivity index (χ1) is 18.4. The van der Waals surface area contributed by atoms with E-state index in [4.69, 9.17) is 19.1 Å². The van der Waals surface area contributed by atoms with E-state index in [9.17, 15) is 27.6 Å². The number of halogens is 3. The quantitative estimate of drug-likeness (QED) is 0.178. The summed E-state index contributed by atoms with van der Waals surface area (Å²) in [6, 6.07) is 10.5. The van der Waals surface area contributed by atoms with E-state index >= 15 is 0 Å². The van der Waals surface area contributed by atoms with Crippen molar-refractivity contribution in [3.8, 4) is 0 Å². The van der Waals surface area contributed by atoms with Crippen LogP contribution < -0.4 is 0 Å². The van der Waals surface area contributed by atoms with Crippen molar-refractivity contribution in [1.29, 1.82) is 0 Å². The average molecular weight is 552 g/mol. The van der Waals surface area contributed by atoms with Crippen molar-refractivity contribution in [2.45, 2.75) is 33.1 Å². The van der Waals surface area contributed by atoms with Gasteiger partial charge in [0.2, 0.25) is 6.79 Å². The number of carbonyl (C=O) groups excluding carboxylic acids is 3. The SMILES string of the molecule is CC=NOC(c1cccc(C(F)(F)F)c1)c1ccccc1C(=NOC)C(=O)N(C)C(=O)OCOC(=O)C(C)C. The number of nitrogens with zero attached hydrogens (tertiary/aromatic N) is 3. The minimum absolute atomic E-state index is 0.0870. The van der Waals surface area contributed by atoms with Crippen LogP contribution in [0.2, 0.25) is 0 Å². The zero-order valence-electron chi connectivity index (χ0n) is 21.9. The number of imide groups is 1. The fourth-order valence-corrected chi connectivity index (χ4v) is 3.18. The van der Waals surface area contributed by atoms with E-state index in [2.05, 4.69) is 10.3 Å². The normalized spacial score (nSPS) is 12.7. The Labute approximate surface area is 222 Å². The first kappa shape index (κ1) is 30.8. The Morgan fingerprint density at radius 2 is 1.74 bits per heavy atom. The zero-order chi connectivity index (χ0) is 29.2. The minimum atomic E-state index is -4.61. The molecule has 2 amide bonds. The number of esters is 1. The summed E-state index contributed by atoms with van der Waals surface area (Å²) in [5.74, 6) is -2.04. The third-order valence-electron chi connectivity index (χ3n) is 5.11. The fourth-order valence-electron chi connectivity index (χ4n) is 3.18. The van der Waals surface area contributed by atoms with E-state index in [1.54, 1.807) is 32.9 Å². The van der Waals surface area contributed by atoms with Crippen LogP contribution in [0.3, 0.4) is 0 Å². The second kappa shape index (κ2) is 13.9. The zero-order valence-corrected chi connectivity index (χ0v) is 21.9. The maximum Gasteiger partial charge on any atom is 0.419 e. The van der Waals surface area contributed by atoms with Crippen molar-refractivity contribution < 1.29 is 46.7 Å². The molecule has 0 aliphatic heterocycles. The first-order valence-corrected chi connectivity index (χ1v) is 11.5. The molecule has 2 rings (SSSR count). The molecule has 0 saturated heterocycles. The summed E-state index contributed by atoms with van der Waals surface area (Å²) in [4.78, 5) is 48.2. The molecule has 2 aromatic carbocycles. The van der Waals surface area contributed by atoms with Crippen LogP contribution in [0.1, 0.15) is 49.1 Å². The van der Waals surface area contributed by atoms with Gasteiger partial charge in [0, 0.05) is 30.0 Å². The summed E-state index contributed by atoms with van der Waals surface area (Å²) in [7, 11) is 2.27. The third-order valence-corrected chi connectivity index (χ3v) is 5.11. The lowest BCUT2D eigenvalue weighted by Crippen LogP contribution is -2.40. The molecule has 0 spiro atoms. The van der Waals surface area contributed by atoms with Gasteiger partial charge < -0.3 is 19.1 Å². The number of benzene rings is 2. The maximum atomic E-state index is 13.4. The Morgan fingerprint density at radius 3 is 2.36 bits per heavy atom. The second-order valence-corrected chi connectivity index (χ2v) is 8.19. The summed E-state index contributed by atoms with van der Waals surface area (Å²) < 4.78 is 49.8. The van der Waals surface area contributed by atoms with E-state index in [0.29, 0.717) is 4.90 Å². The minimum Gasteiger partial charge on any atom is -0.428 e. The van der Waals surface area contributed by atoms with Gasteiger partial charge in [0.05, 0.1) is 11.5 Å². The lowest BCUT2D eigenvalue weighted by atomic mass is 9.93. The molecule has 0 N–H and O–H groups in total. The Balaban J connectivity index is 2.47. The summed E-state index contributed by atoms with van der Waals surface area (Å²) in [6.45, 7) is 4.01. The van der Waals surface area contributed by atoms with Gasteiger partial charge in [-0.05, 0) is 19.1 Å². The average Bonchev–Trinajstić information content (AvgIpc) is 2.91. The number of likely N-dealkylation sites (N-methyl/N-ethyl adjacent to an activating group) is 1. The van der Waals surface area contributed by atoms with E-state index < -0.39 is 48.5 Å². The molecule has 0 aliphatic rings. The van der Waals surface area contributed by atoms with Crippen LogP contribution >= 0.6 is 0 Å². The highest BCUT2D eigenvalue weighted by atomic mass is 19.4. The molecule has 210 valence electrons. The highest BCUT2D eigenvalue weighted by Crippen LogP contribution is 2.35. The van der Waals surface area contributed by atoms with E-state index in [1.807, 2.05) is 0 Å². The van der Waals surface area contributed by atoms with Crippen LogP contribution in [-0.4, -0.2) is 55.7 Å². The van der Waals surface area contributed by atoms with E-state index in [-0.39, 0.29) is 22.4 Å².